The minimum Gasteiger partial charge on any atom is -0.497 e. The number of aryl methyl sites for hydroxylation is 1. The third-order valence-corrected chi connectivity index (χ3v) is 5.77. The highest BCUT2D eigenvalue weighted by molar-refractivity contribution is 7.99. The molecule has 0 unspecified atom stereocenters. The molecule has 8 heteroatoms. The topological polar surface area (TPSA) is 81.9 Å². The lowest BCUT2D eigenvalue weighted by molar-refractivity contribution is -0.118. The van der Waals surface area contributed by atoms with E-state index in [1.54, 1.807) is 19.5 Å². The van der Waals surface area contributed by atoms with Crippen LogP contribution in [0.4, 0.5) is 0 Å². The molecular weight excluding hydrogens is 422 g/mol. The predicted molar refractivity (Wildman–Crippen MR) is 125 cm³/mol. The van der Waals surface area contributed by atoms with E-state index in [-0.39, 0.29) is 11.7 Å². The number of ether oxygens (including phenoxy) is 1. The fraction of sp³-hybridized carbons (Fsp3) is 0.167. The second-order valence-corrected chi connectivity index (χ2v) is 8.07. The molecule has 0 saturated carbocycles. The second-order valence-electron chi connectivity index (χ2n) is 7.13. The van der Waals surface area contributed by atoms with Crippen LogP contribution >= 0.6 is 11.8 Å². The fourth-order valence-electron chi connectivity index (χ4n) is 3.10. The van der Waals surface area contributed by atoms with Crippen LogP contribution in [0.15, 0.2) is 78.2 Å². The summed E-state index contributed by atoms with van der Waals surface area (Å²) < 4.78 is 7.13. The molecule has 0 saturated heterocycles. The first kappa shape index (κ1) is 21.6. The molecule has 32 heavy (non-hydrogen) atoms. The third-order valence-electron chi connectivity index (χ3n) is 4.85. The molecule has 4 rings (SSSR count). The van der Waals surface area contributed by atoms with Crippen LogP contribution in [0.1, 0.15) is 11.1 Å². The van der Waals surface area contributed by atoms with E-state index in [4.69, 9.17) is 4.74 Å². The molecule has 2 heterocycles. The van der Waals surface area contributed by atoms with Crippen LogP contribution in [-0.2, 0) is 11.3 Å². The van der Waals surface area contributed by atoms with Crippen molar-refractivity contribution >= 4 is 17.7 Å². The van der Waals surface area contributed by atoms with E-state index >= 15 is 0 Å². The Morgan fingerprint density at radius 1 is 1.00 bits per heavy atom. The van der Waals surface area contributed by atoms with Gasteiger partial charge in [-0.05, 0) is 48.9 Å². The van der Waals surface area contributed by atoms with Crippen LogP contribution in [0.5, 0.6) is 5.75 Å². The van der Waals surface area contributed by atoms with E-state index in [0.717, 1.165) is 22.6 Å². The zero-order valence-corrected chi connectivity index (χ0v) is 18.7. The van der Waals surface area contributed by atoms with Gasteiger partial charge in [-0.25, -0.2) is 0 Å². The normalized spacial score (nSPS) is 10.7. The van der Waals surface area contributed by atoms with Crippen LogP contribution in [0.3, 0.4) is 0 Å². The van der Waals surface area contributed by atoms with E-state index in [1.807, 2.05) is 72.2 Å². The van der Waals surface area contributed by atoms with Gasteiger partial charge in [0.25, 0.3) is 0 Å². The molecule has 0 atom stereocenters. The maximum atomic E-state index is 12.5. The molecule has 0 fully saturated rings. The number of nitrogens with zero attached hydrogens (tertiary/aromatic N) is 4. The summed E-state index contributed by atoms with van der Waals surface area (Å²) in [5.74, 6) is 1.65. The van der Waals surface area contributed by atoms with E-state index < -0.39 is 0 Å². The van der Waals surface area contributed by atoms with E-state index in [0.29, 0.717) is 17.5 Å². The monoisotopic (exact) mass is 445 g/mol. The van der Waals surface area contributed by atoms with Crippen LogP contribution in [0.25, 0.3) is 17.1 Å². The SMILES string of the molecule is COc1ccc(CNC(=O)CSc2nnc(-c3ccncc3)n2-c2ccc(C)cc2)cc1. The van der Waals surface area contributed by atoms with Crippen molar-refractivity contribution in [3.05, 3.63) is 84.2 Å². The maximum absolute atomic E-state index is 12.5. The number of aromatic nitrogens is 4. The molecule has 0 aliphatic carbocycles. The summed E-state index contributed by atoms with van der Waals surface area (Å²) in [5, 5.41) is 12.4. The van der Waals surface area contributed by atoms with E-state index in [2.05, 4.69) is 20.5 Å². The standard InChI is InChI=1S/C24H23N5O2S/c1-17-3-7-20(8-4-17)29-23(19-11-13-25-14-12-19)27-28-24(29)32-16-22(30)26-15-18-5-9-21(31-2)10-6-18/h3-14H,15-16H2,1-2H3,(H,26,30). The average molecular weight is 446 g/mol. The van der Waals surface area contributed by atoms with Crippen LogP contribution in [0.2, 0.25) is 0 Å². The number of hydrogen-bond donors (Lipinski definition) is 1. The number of rotatable bonds is 8. The Hall–Kier alpha value is -3.65. The molecule has 1 amide bonds. The van der Waals surface area contributed by atoms with Crippen molar-refractivity contribution in [2.45, 2.75) is 18.6 Å². The molecule has 4 aromatic rings. The van der Waals surface area contributed by atoms with E-state index in [1.165, 1.54) is 17.3 Å². The van der Waals surface area contributed by atoms with Gasteiger partial charge >= 0.3 is 0 Å². The Morgan fingerprint density at radius 2 is 1.72 bits per heavy atom. The number of thioether (sulfide) groups is 1. The van der Waals surface area contributed by atoms with Crippen LogP contribution < -0.4 is 10.1 Å². The van der Waals surface area contributed by atoms with Gasteiger partial charge in [0.2, 0.25) is 5.91 Å². The first-order valence-corrected chi connectivity index (χ1v) is 11.1. The summed E-state index contributed by atoms with van der Waals surface area (Å²) in [5.41, 5.74) is 4.02. The lowest BCUT2D eigenvalue weighted by atomic mass is 10.2. The minimum absolute atomic E-state index is 0.0743. The number of benzene rings is 2. The highest BCUT2D eigenvalue weighted by Gasteiger charge is 2.17. The molecule has 162 valence electrons. The summed E-state index contributed by atoms with van der Waals surface area (Å²) in [7, 11) is 1.63. The Kier molecular flexibility index (Phi) is 6.81. The van der Waals surface area contributed by atoms with Gasteiger partial charge in [-0.1, -0.05) is 41.6 Å². The average Bonchev–Trinajstić information content (AvgIpc) is 3.27. The van der Waals surface area contributed by atoms with E-state index in [9.17, 15) is 4.79 Å². The summed E-state index contributed by atoms with van der Waals surface area (Å²) >= 11 is 1.35. The molecule has 0 radical (unpaired) electrons. The largest absolute Gasteiger partial charge is 0.497 e. The number of methoxy groups -OCH3 is 1. The molecule has 2 aromatic carbocycles. The zero-order chi connectivity index (χ0) is 22.3. The molecule has 0 spiro atoms. The molecule has 7 nitrogen and oxygen atoms in total. The fourth-order valence-corrected chi connectivity index (χ4v) is 3.88. The van der Waals surface area contributed by atoms with Gasteiger partial charge in [0.1, 0.15) is 5.75 Å². The summed E-state index contributed by atoms with van der Waals surface area (Å²) in [6.45, 7) is 2.50. The molecule has 0 aliphatic heterocycles. The number of carbonyl (C=O) groups excluding carboxylic acids is 1. The van der Waals surface area contributed by atoms with Gasteiger partial charge in [-0.3, -0.25) is 14.3 Å². The summed E-state index contributed by atoms with van der Waals surface area (Å²) in [6.07, 6.45) is 3.45. The van der Waals surface area contributed by atoms with Gasteiger partial charge in [0.15, 0.2) is 11.0 Å². The first-order chi connectivity index (χ1) is 15.6. The lowest BCUT2D eigenvalue weighted by Crippen LogP contribution is -2.24. The Morgan fingerprint density at radius 3 is 2.41 bits per heavy atom. The number of carbonyl (C=O) groups is 1. The molecule has 1 N–H and O–H groups in total. The smallest absolute Gasteiger partial charge is 0.230 e. The first-order valence-electron chi connectivity index (χ1n) is 10.1. The van der Waals surface area contributed by atoms with Crippen molar-refractivity contribution in [1.29, 1.82) is 0 Å². The molecule has 2 aromatic heterocycles. The predicted octanol–water partition coefficient (Wildman–Crippen LogP) is 4.05. The van der Waals surface area contributed by atoms with Crippen molar-refractivity contribution in [3.63, 3.8) is 0 Å². The van der Waals surface area contributed by atoms with Crippen LogP contribution in [-0.4, -0.2) is 38.5 Å². The molecule has 0 aliphatic rings. The Balaban J connectivity index is 1.48. The van der Waals surface area contributed by atoms with Crippen molar-refractivity contribution in [3.8, 4) is 22.8 Å². The number of nitrogens with one attached hydrogen (secondary N) is 1. The van der Waals surface area contributed by atoms with Gasteiger partial charge < -0.3 is 10.1 Å². The number of amides is 1. The molecular formula is C24H23N5O2S. The zero-order valence-electron chi connectivity index (χ0n) is 17.9. The number of hydrogen-bond acceptors (Lipinski definition) is 6. The van der Waals surface area contributed by atoms with Crippen molar-refractivity contribution in [2.75, 3.05) is 12.9 Å². The van der Waals surface area contributed by atoms with Gasteiger partial charge in [-0.15, -0.1) is 10.2 Å². The molecule has 0 bridgehead atoms. The third kappa shape index (κ3) is 5.15. The van der Waals surface area contributed by atoms with Gasteiger partial charge in [0, 0.05) is 30.2 Å². The highest BCUT2D eigenvalue weighted by Crippen LogP contribution is 2.27. The van der Waals surface area contributed by atoms with Crippen molar-refractivity contribution in [2.24, 2.45) is 0 Å². The maximum Gasteiger partial charge on any atom is 0.230 e. The van der Waals surface area contributed by atoms with Gasteiger partial charge in [0.05, 0.1) is 12.9 Å². The summed E-state index contributed by atoms with van der Waals surface area (Å²) in [6, 6.07) is 19.5. The minimum atomic E-state index is -0.0743. The second kappa shape index (κ2) is 10.1. The lowest BCUT2D eigenvalue weighted by Gasteiger charge is -2.11. The Labute approximate surface area is 190 Å². The Bertz CT molecular complexity index is 1180. The van der Waals surface area contributed by atoms with Gasteiger partial charge in [-0.2, -0.15) is 0 Å². The van der Waals surface area contributed by atoms with Crippen molar-refractivity contribution in [1.82, 2.24) is 25.1 Å². The van der Waals surface area contributed by atoms with Crippen molar-refractivity contribution < 1.29 is 9.53 Å². The summed E-state index contributed by atoms with van der Waals surface area (Å²) in [4.78, 5) is 16.5. The quantitative estimate of drug-likeness (QED) is 0.412. The highest BCUT2D eigenvalue weighted by atomic mass is 32.2. The number of pyridine rings is 1. The van der Waals surface area contributed by atoms with Crippen LogP contribution in [0, 0.1) is 6.92 Å².